The molecule has 1 aliphatic heterocycles. The summed E-state index contributed by atoms with van der Waals surface area (Å²) in [6.45, 7) is 4.91. The second-order valence-corrected chi connectivity index (χ2v) is 11.0. The average molecular weight is 474 g/mol. The molecule has 0 bridgehead atoms. The van der Waals surface area contributed by atoms with Gasteiger partial charge in [0.25, 0.3) is 0 Å². The Kier molecular flexibility index (Phi) is 5.53. The Morgan fingerprint density at radius 2 is 2.00 bits per heavy atom. The van der Waals surface area contributed by atoms with E-state index < -0.39 is 9.73 Å². The Balaban J connectivity index is 1.66. The zero-order valence-electron chi connectivity index (χ0n) is 19.6. The van der Waals surface area contributed by atoms with Crippen molar-refractivity contribution in [2.24, 2.45) is 0 Å². The van der Waals surface area contributed by atoms with Gasteiger partial charge < -0.3 is 9.64 Å². The van der Waals surface area contributed by atoms with Crippen LogP contribution in [0.25, 0.3) is 11.3 Å². The molecule has 0 radical (unpaired) electrons. The van der Waals surface area contributed by atoms with Crippen LogP contribution in [0.5, 0.6) is 5.75 Å². The zero-order chi connectivity index (χ0) is 24.0. The van der Waals surface area contributed by atoms with Crippen molar-refractivity contribution < 1.29 is 8.95 Å². The van der Waals surface area contributed by atoms with Gasteiger partial charge in [-0.25, -0.2) is 19.0 Å². The van der Waals surface area contributed by atoms with Gasteiger partial charge in [-0.15, -0.1) is 0 Å². The average Bonchev–Trinajstić information content (AvgIpc) is 3.30. The molecule has 34 heavy (non-hydrogen) atoms. The first kappa shape index (κ1) is 22.4. The molecule has 174 valence electrons. The highest BCUT2D eigenvalue weighted by Crippen LogP contribution is 2.38. The third-order valence-electron chi connectivity index (χ3n) is 6.86. The predicted molar refractivity (Wildman–Crippen MR) is 131 cm³/mol. The van der Waals surface area contributed by atoms with E-state index in [9.17, 15) is 9.47 Å². The third kappa shape index (κ3) is 3.61. The lowest BCUT2D eigenvalue weighted by Gasteiger charge is -2.39. The topological polar surface area (TPSA) is 103 Å². The number of hydrogen-bond acceptors (Lipinski definition) is 7. The van der Waals surface area contributed by atoms with Gasteiger partial charge in [0.2, 0.25) is 5.95 Å². The lowest BCUT2D eigenvalue weighted by atomic mass is 10.0. The summed E-state index contributed by atoms with van der Waals surface area (Å²) in [6, 6.07) is 12.9. The number of methoxy groups -OCH3 is 1. The van der Waals surface area contributed by atoms with E-state index in [1.54, 1.807) is 37.3 Å². The highest BCUT2D eigenvalue weighted by atomic mass is 32.2. The third-order valence-corrected chi connectivity index (χ3v) is 8.87. The molecule has 0 spiro atoms. The van der Waals surface area contributed by atoms with Crippen LogP contribution in [0.2, 0.25) is 0 Å². The first-order chi connectivity index (χ1) is 16.3. The largest absolute Gasteiger partial charge is 0.495 e. The van der Waals surface area contributed by atoms with Gasteiger partial charge in [0.1, 0.15) is 15.5 Å². The Labute approximate surface area is 200 Å². The Morgan fingerprint density at radius 3 is 2.65 bits per heavy atom. The van der Waals surface area contributed by atoms with Gasteiger partial charge in [-0.2, -0.15) is 5.26 Å². The van der Waals surface area contributed by atoms with Crippen LogP contribution >= 0.6 is 0 Å². The molecule has 1 unspecified atom stereocenters. The van der Waals surface area contributed by atoms with E-state index in [2.05, 4.69) is 17.9 Å². The van der Waals surface area contributed by atoms with Crippen LogP contribution in [0, 0.1) is 23.0 Å². The quantitative estimate of drug-likeness (QED) is 0.566. The number of nitrogens with one attached hydrogen (secondary N) is 1. The van der Waals surface area contributed by atoms with E-state index in [0.717, 1.165) is 60.7 Å². The number of nitrogens with zero attached hydrogens (tertiary/aromatic N) is 4. The Morgan fingerprint density at radius 1 is 1.18 bits per heavy atom. The summed E-state index contributed by atoms with van der Waals surface area (Å²) in [6.07, 6.45) is 4.02. The minimum atomic E-state index is -3.40. The molecule has 7 nitrogen and oxygen atoms in total. The summed E-state index contributed by atoms with van der Waals surface area (Å²) < 4.78 is 28.4. The molecule has 1 saturated heterocycles. The minimum Gasteiger partial charge on any atom is -0.495 e. The summed E-state index contributed by atoms with van der Waals surface area (Å²) in [5.74, 6) is 1.15. The number of ether oxygens (including phenoxy) is 1. The van der Waals surface area contributed by atoms with Crippen LogP contribution in [0.4, 0.5) is 5.95 Å². The SMILES string of the molecule is COc1ccc(-c2nc(N3CC[C@@H]3C)nc3c2CCC3)cc1S(=N)(=O)c1ccc(C#N)cc1C. The van der Waals surface area contributed by atoms with E-state index in [-0.39, 0.29) is 0 Å². The number of rotatable bonds is 5. The summed E-state index contributed by atoms with van der Waals surface area (Å²) >= 11 is 0. The van der Waals surface area contributed by atoms with Crippen LogP contribution in [-0.4, -0.2) is 33.9 Å². The molecular weight excluding hydrogens is 446 g/mol. The second kappa shape index (κ2) is 8.41. The molecule has 0 amide bonds. The van der Waals surface area contributed by atoms with Crippen LogP contribution < -0.4 is 9.64 Å². The molecule has 1 aromatic heterocycles. The second-order valence-electron chi connectivity index (χ2n) is 9.00. The molecule has 1 aliphatic carbocycles. The Hall–Kier alpha value is -3.44. The fourth-order valence-corrected chi connectivity index (χ4v) is 6.55. The summed E-state index contributed by atoms with van der Waals surface area (Å²) in [4.78, 5) is 12.7. The Bertz CT molecular complexity index is 1440. The van der Waals surface area contributed by atoms with Gasteiger partial charge in [0.05, 0.1) is 34.2 Å². The van der Waals surface area contributed by atoms with Crippen molar-refractivity contribution in [2.75, 3.05) is 18.6 Å². The normalized spacial score (nSPS) is 18.5. The monoisotopic (exact) mass is 473 g/mol. The molecule has 2 atom stereocenters. The first-order valence-electron chi connectivity index (χ1n) is 11.5. The van der Waals surface area contributed by atoms with Gasteiger partial charge in [-0.3, -0.25) is 0 Å². The van der Waals surface area contributed by atoms with Gasteiger partial charge in [-0.1, -0.05) is 0 Å². The fourth-order valence-electron chi connectivity index (χ4n) is 4.81. The lowest BCUT2D eigenvalue weighted by molar-refractivity contribution is 0.404. The number of anilines is 1. The van der Waals surface area contributed by atoms with E-state index >= 15 is 0 Å². The van der Waals surface area contributed by atoms with E-state index in [1.165, 1.54) is 7.11 Å². The molecule has 3 aromatic rings. The number of benzene rings is 2. The van der Waals surface area contributed by atoms with Gasteiger partial charge in [0, 0.05) is 29.4 Å². The predicted octanol–water partition coefficient (Wildman–Crippen LogP) is 4.88. The van der Waals surface area contributed by atoms with Crippen molar-refractivity contribution in [1.29, 1.82) is 10.0 Å². The lowest BCUT2D eigenvalue weighted by Crippen LogP contribution is -2.46. The number of hydrogen-bond donors (Lipinski definition) is 1. The maximum atomic E-state index is 13.9. The fraction of sp³-hybridized carbons (Fsp3) is 0.346. The molecule has 0 saturated carbocycles. The smallest absolute Gasteiger partial charge is 0.226 e. The van der Waals surface area contributed by atoms with Crippen LogP contribution in [0.15, 0.2) is 46.2 Å². The highest BCUT2D eigenvalue weighted by Gasteiger charge is 2.30. The molecule has 2 heterocycles. The summed E-state index contributed by atoms with van der Waals surface area (Å²) in [5.41, 5.74) is 5.01. The standard InChI is InChI=1S/C26H27N5O2S/c1-16-13-18(15-27)7-10-23(16)34(28,32)24-14-19(8-9-22(24)33-3)25-20-5-4-6-21(20)29-26(30-25)31-12-11-17(31)2/h7-10,13-14,17,28H,4-6,11-12H2,1-3H3/t17-,34?/m0/s1. The molecule has 8 heteroatoms. The van der Waals surface area contributed by atoms with Crippen molar-refractivity contribution >= 4 is 15.7 Å². The molecule has 5 rings (SSSR count). The molecule has 2 aromatic carbocycles. The van der Waals surface area contributed by atoms with Crippen molar-refractivity contribution in [3.8, 4) is 23.1 Å². The van der Waals surface area contributed by atoms with Crippen LogP contribution in [0.1, 0.15) is 42.1 Å². The summed E-state index contributed by atoms with van der Waals surface area (Å²) in [7, 11) is -1.88. The van der Waals surface area contributed by atoms with Crippen molar-refractivity contribution in [1.82, 2.24) is 9.97 Å². The van der Waals surface area contributed by atoms with Gasteiger partial charge in [-0.05, 0) is 81.5 Å². The van der Waals surface area contributed by atoms with E-state index in [1.807, 2.05) is 6.07 Å². The highest BCUT2D eigenvalue weighted by molar-refractivity contribution is 7.92. The molecule has 1 N–H and O–H groups in total. The van der Waals surface area contributed by atoms with Crippen molar-refractivity contribution in [3.63, 3.8) is 0 Å². The number of aryl methyl sites for hydroxylation is 2. The maximum Gasteiger partial charge on any atom is 0.226 e. The van der Waals surface area contributed by atoms with Gasteiger partial charge in [0.15, 0.2) is 0 Å². The molecule has 1 fully saturated rings. The van der Waals surface area contributed by atoms with Crippen LogP contribution in [0.3, 0.4) is 0 Å². The number of fused-ring (bicyclic) bond motifs is 1. The number of nitriles is 1. The molecular formula is C26H27N5O2S. The minimum absolute atomic E-state index is 0.310. The van der Waals surface area contributed by atoms with Gasteiger partial charge >= 0.3 is 0 Å². The summed E-state index contributed by atoms with van der Waals surface area (Å²) in [5, 5.41) is 9.19. The van der Waals surface area contributed by atoms with Crippen LogP contribution in [-0.2, 0) is 22.6 Å². The van der Waals surface area contributed by atoms with E-state index in [0.29, 0.717) is 32.7 Å². The maximum absolute atomic E-state index is 13.9. The van der Waals surface area contributed by atoms with Crippen molar-refractivity contribution in [2.45, 2.75) is 55.4 Å². The first-order valence-corrected chi connectivity index (χ1v) is 13.0. The zero-order valence-corrected chi connectivity index (χ0v) is 20.4. The number of aromatic nitrogens is 2. The molecule has 2 aliphatic rings. The van der Waals surface area contributed by atoms with Crippen molar-refractivity contribution in [3.05, 3.63) is 58.8 Å². The van der Waals surface area contributed by atoms with E-state index in [4.69, 9.17) is 19.5 Å².